The Kier molecular flexibility index (Phi) is 4.27. The van der Waals surface area contributed by atoms with E-state index in [1.165, 1.54) is 0 Å². The zero-order chi connectivity index (χ0) is 17.9. The Morgan fingerprint density at radius 1 is 1.15 bits per heavy atom. The normalized spacial score (nSPS) is 13.5. The molecular formula is C21H19N3O2. The minimum absolute atomic E-state index is 0.0959. The second-order valence-corrected chi connectivity index (χ2v) is 6.07. The lowest BCUT2D eigenvalue weighted by Gasteiger charge is -2.20. The number of nitrogens with zero attached hydrogens (tertiary/aromatic N) is 2. The Bertz CT molecular complexity index is 1070. The van der Waals surface area contributed by atoms with Crippen LogP contribution in [0.4, 0.5) is 5.82 Å². The predicted molar refractivity (Wildman–Crippen MR) is 104 cm³/mol. The topological polar surface area (TPSA) is 56.1 Å². The third-order valence-electron chi connectivity index (χ3n) is 4.38. The van der Waals surface area contributed by atoms with Crippen molar-refractivity contribution in [3.8, 4) is 11.4 Å². The quantitative estimate of drug-likeness (QED) is 0.775. The first kappa shape index (κ1) is 16.1. The molecule has 0 fully saturated rings. The van der Waals surface area contributed by atoms with Gasteiger partial charge in [-0.25, -0.2) is 0 Å². The third-order valence-corrected chi connectivity index (χ3v) is 4.38. The Morgan fingerprint density at radius 2 is 2.00 bits per heavy atom. The largest absolute Gasteiger partial charge is 0.493 e. The number of fused-ring (bicyclic) bond motifs is 1. The van der Waals surface area contributed by atoms with Crippen LogP contribution in [-0.4, -0.2) is 16.7 Å². The number of benzene rings is 1. The van der Waals surface area contributed by atoms with E-state index < -0.39 is 0 Å². The summed E-state index contributed by atoms with van der Waals surface area (Å²) in [4.78, 5) is 16.8. The highest BCUT2D eigenvalue weighted by molar-refractivity contribution is 5.87. The van der Waals surface area contributed by atoms with Crippen LogP contribution >= 0.6 is 0 Å². The van der Waals surface area contributed by atoms with Crippen molar-refractivity contribution in [1.82, 2.24) is 9.55 Å². The number of anilines is 1. The summed E-state index contributed by atoms with van der Waals surface area (Å²) in [5, 5.41) is 3.91. The van der Waals surface area contributed by atoms with Gasteiger partial charge in [-0.15, -0.1) is 0 Å². The van der Waals surface area contributed by atoms with Gasteiger partial charge < -0.3 is 10.1 Å². The molecule has 1 aromatic carbocycles. The van der Waals surface area contributed by atoms with Crippen molar-refractivity contribution in [1.29, 1.82) is 0 Å². The van der Waals surface area contributed by atoms with E-state index in [2.05, 4.69) is 22.5 Å². The maximum atomic E-state index is 12.7. The van der Waals surface area contributed by atoms with Crippen LogP contribution in [0.3, 0.4) is 0 Å². The van der Waals surface area contributed by atoms with Crippen molar-refractivity contribution < 1.29 is 4.74 Å². The van der Waals surface area contributed by atoms with Gasteiger partial charge in [-0.3, -0.25) is 14.3 Å². The van der Waals surface area contributed by atoms with Gasteiger partial charge in [0, 0.05) is 23.6 Å². The van der Waals surface area contributed by atoms with Crippen molar-refractivity contribution >= 4 is 16.7 Å². The lowest BCUT2D eigenvalue weighted by Crippen LogP contribution is -2.15. The number of nitrogens with one attached hydrogen (secondary N) is 1. The fourth-order valence-electron chi connectivity index (χ4n) is 3.17. The fourth-order valence-corrected chi connectivity index (χ4v) is 3.17. The number of aromatic nitrogens is 2. The molecule has 5 heteroatoms. The molecule has 0 radical (unpaired) electrons. The van der Waals surface area contributed by atoms with Crippen LogP contribution in [0.25, 0.3) is 16.6 Å². The van der Waals surface area contributed by atoms with Crippen molar-refractivity contribution in [2.75, 3.05) is 12.4 Å². The van der Waals surface area contributed by atoms with E-state index in [1.807, 2.05) is 41.0 Å². The number of ether oxygens (including phenoxy) is 1. The van der Waals surface area contributed by atoms with Crippen LogP contribution in [0.2, 0.25) is 0 Å². The first-order chi connectivity index (χ1) is 12.8. The fraction of sp³-hybridized carbons (Fsp3) is 0.143. The number of para-hydroxylation sites is 1. The molecule has 130 valence electrons. The Hall–Kier alpha value is -3.34. The Morgan fingerprint density at radius 3 is 2.73 bits per heavy atom. The Balaban J connectivity index is 2.03. The maximum absolute atomic E-state index is 12.7. The molecule has 0 aliphatic heterocycles. The molecule has 4 rings (SSSR count). The second-order valence-electron chi connectivity index (χ2n) is 6.07. The van der Waals surface area contributed by atoms with Gasteiger partial charge in [0.25, 0.3) is 0 Å². The van der Waals surface area contributed by atoms with Crippen LogP contribution in [-0.2, 0) is 0 Å². The summed E-state index contributed by atoms with van der Waals surface area (Å²) in [6.45, 7) is 0. The minimum atomic E-state index is -0.0959. The number of hydrogen-bond acceptors (Lipinski definition) is 4. The highest BCUT2D eigenvalue weighted by Crippen LogP contribution is 2.29. The lowest BCUT2D eigenvalue weighted by atomic mass is 10.1. The number of pyridine rings is 2. The minimum Gasteiger partial charge on any atom is -0.493 e. The zero-order valence-corrected chi connectivity index (χ0v) is 14.5. The van der Waals surface area contributed by atoms with Crippen LogP contribution in [0.1, 0.15) is 12.8 Å². The molecule has 1 aliphatic rings. The molecule has 1 N–H and O–H groups in total. The van der Waals surface area contributed by atoms with E-state index in [0.717, 1.165) is 24.2 Å². The summed E-state index contributed by atoms with van der Waals surface area (Å²) >= 11 is 0. The molecule has 0 bridgehead atoms. The van der Waals surface area contributed by atoms with E-state index in [-0.39, 0.29) is 5.43 Å². The number of methoxy groups -OCH3 is 1. The van der Waals surface area contributed by atoms with Gasteiger partial charge in [0.05, 0.1) is 18.7 Å². The molecule has 2 aromatic heterocycles. The van der Waals surface area contributed by atoms with Gasteiger partial charge in [0.15, 0.2) is 11.2 Å². The third kappa shape index (κ3) is 2.88. The molecule has 0 unspecified atom stereocenters. The van der Waals surface area contributed by atoms with Gasteiger partial charge in [0.2, 0.25) is 0 Å². The van der Waals surface area contributed by atoms with Crippen LogP contribution in [0.5, 0.6) is 5.75 Å². The van der Waals surface area contributed by atoms with Crippen molar-refractivity contribution in [3.05, 3.63) is 82.9 Å². The summed E-state index contributed by atoms with van der Waals surface area (Å²) < 4.78 is 7.51. The molecule has 0 saturated heterocycles. The van der Waals surface area contributed by atoms with E-state index in [1.54, 1.807) is 25.6 Å². The number of hydrogen-bond donors (Lipinski definition) is 1. The highest BCUT2D eigenvalue weighted by Gasteiger charge is 2.16. The van der Waals surface area contributed by atoms with Crippen molar-refractivity contribution in [3.63, 3.8) is 0 Å². The smallest absolute Gasteiger partial charge is 0.193 e. The summed E-state index contributed by atoms with van der Waals surface area (Å²) in [6, 6.07) is 11.5. The van der Waals surface area contributed by atoms with E-state index >= 15 is 0 Å². The summed E-state index contributed by atoms with van der Waals surface area (Å²) in [6.07, 6.45) is 11.5. The molecule has 5 nitrogen and oxygen atoms in total. The second kappa shape index (κ2) is 6.88. The summed E-state index contributed by atoms with van der Waals surface area (Å²) in [5.41, 5.74) is 2.52. The van der Waals surface area contributed by atoms with Gasteiger partial charge in [-0.1, -0.05) is 30.4 Å². The molecule has 3 aromatic rings. The average Bonchev–Trinajstić information content (AvgIpc) is 2.69. The molecule has 2 heterocycles. The standard InChI is InChI=1S/C21H19N3O2/c1-26-19-14-22-13-17-18(25)12-20(23-15-8-4-2-5-9-15)24(21(17)19)16-10-6-3-7-11-16/h3-4,6-14,23H,2,5H2,1H3. The summed E-state index contributed by atoms with van der Waals surface area (Å²) in [5.74, 6) is 1.25. The molecule has 0 spiro atoms. The van der Waals surface area contributed by atoms with Gasteiger partial charge in [0.1, 0.15) is 11.3 Å². The average molecular weight is 345 g/mol. The SMILES string of the molecule is COc1cncc2c(=O)cc(NC3=CCCC=C3)n(-c3ccccc3)c12. The van der Waals surface area contributed by atoms with Crippen LogP contribution in [0, 0.1) is 0 Å². The summed E-state index contributed by atoms with van der Waals surface area (Å²) in [7, 11) is 1.59. The van der Waals surface area contributed by atoms with Gasteiger partial charge in [-0.05, 0) is 31.1 Å². The van der Waals surface area contributed by atoms with Gasteiger partial charge in [-0.2, -0.15) is 0 Å². The Labute approximate surface area is 151 Å². The molecule has 1 aliphatic carbocycles. The molecule has 0 amide bonds. The molecule has 26 heavy (non-hydrogen) atoms. The van der Waals surface area contributed by atoms with Crippen molar-refractivity contribution in [2.45, 2.75) is 12.8 Å². The van der Waals surface area contributed by atoms with Gasteiger partial charge >= 0.3 is 0 Å². The van der Waals surface area contributed by atoms with Crippen molar-refractivity contribution in [2.24, 2.45) is 0 Å². The monoisotopic (exact) mass is 345 g/mol. The molecule has 0 atom stereocenters. The number of rotatable bonds is 4. The highest BCUT2D eigenvalue weighted by atomic mass is 16.5. The zero-order valence-electron chi connectivity index (χ0n) is 14.5. The first-order valence-electron chi connectivity index (χ1n) is 8.55. The number of allylic oxidation sites excluding steroid dienone is 3. The van der Waals surface area contributed by atoms with Crippen LogP contribution in [0.15, 0.2) is 77.5 Å². The first-order valence-corrected chi connectivity index (χ1v) is 8.55. The van der Waals surface area contributed by atoms with E-state index in [4.69, 9.17) is 4.74 Å². The maximum Gasteiger partial charge on any atom is 0.193 e. The van der Waals surface area contributed by atoms with Crippen LogP contribution < -0.4 is 15.5 Å². The molecule has 0 saturated carbocycles. The van der Waals surface area contributed by atoms with E-state index in [9.17, 15) is 4.79 Å². The lowest BCUT2D eigenvalue weighted by molar-refractivity contribution is 0.416. The molecular weight excluding hydrogens is 326 g/mol. The van der Waals surface area contributed by atoms with E-state index in [0.29, 0.717) is 22.5 Å². The predicted octanol–water partition coefficient (Wildman–Crippen LogP) is 4.04.